The topological polar surface area (TPSA) is 69.0 Å². The van der Waals surface area contributed by atoms with Crippen molar-refractivity contribution in [3.05, 3.63) is 64.6 Å². The second kappa shape index (κ2) is 6.00. The third-order valence-corrected chi connectivity index (χ3v) is 7.20. The van der Waals surface area contributed by atoms with Crippen molar-refractivity contribution in [2.75, 3.05) is 11.5 Å². The average molecular weight is 372 g/mol. The zero-order chi connectivity index (χ0) is 17.6. The van der Waals surface area contributed by atoms with Crippen molar-refractivity contribution in [1.82, 2.24) is 9.55 Å². The summed E-state index contributed by atoms with van der Waals surface area (Å²) in [4.78, 5) is 16.9. The summed E-state index contributed by atoms with van der Waals surface area (Å²) < 4.78 is 27.3. The Morgan fingerprint density at radius 3 is 2.72 bits per heavy atom. The highest BCUT2D eigenvalue weighted by Crippen LogP contribution is 2.32. The van der Waals surface area contributed by atoms with E-state index >= 15 is 0 Å². The van der Waals surface area contributed by atoms with E-state index in [1.807, 2.05) is 30.3 Å². The zero-order valence-corrected chi connectivity index (χ0v) is 15.2. The van der Waals surface area contributed by atoms with Gasteiger partial charge in [-0.25, -0.2) is 13.4 Å². The summed E-state index contributed by atoms with van der Waals surface area (Å²) in [6.07, 6.45) is 0. The van der Waals surface area contributed by atoms with Gasteiger partial charge in [-0.2, -0.15) is 0 Å². The van der Waals surface area contributed by atoms with Gasteiger partial charge in [0.1, 0.15) is 0 Å². The van der Waals surface area contributed by atoms with Crippen LogP contribution in [0.4, 0.5) is 0 Å². The van der Waals surface area contributed by atoms with Crippen molar-refractivity contribution in [2.45, 2.75) is 23.0 Å². The van der Waals surface area contributed by atoms with Crippen LogP contribution in [-0.4, -0.2) is 29.5 Å². The summed E-state index contributed by atoms with van der Waals surface area (Å²) in [6, 6.07) is 13.9. The summed E-state index contributed by atoms with van der Waals surface area (Å²) >= 11 is 1.43. The van der Waals surface area contributed by atoms with Gasteiger partial charge >= 0.3 is 0 Å². The maximum Gasteiger partial charge on any atom is 0.254 e. The van der Waals surface area contributed by atoms with Crippen molar-refractivity contribution < 1.29 is 8.42 Å². The van der Waals surface area contributed by atoms with Gasteiger partial charge in [0.15, 0.2) is 15.0 Å². The number of sulfone groups is 1. The molecule has 5 nitrogen and oxygen atoms in total. The first-order valence-corrected chi connectivity index (χ1v) is 10.5. The van der Waals surface area contributed by atoms with E-state index in [0.717, 1.165) is 10.8 Å². The van der Waals surface area contributed by atoms with E-state index in [-0.39, 0.29) is 16.2 Å². The van der Waals surface area contributed by atoms with Crippen LogP contribution in [0, 0.1) is 6.92 Å². The van der Waals surface area contributed by atoms with Gasteiger partial charge in [-0.05, 0) is 29.8 Å². The Morgan fingerprint density at radius 1 is 1.16 bits per heavy atom. The molecule has 2 aromatic carbocycles. The standard InChI is InChI=1S/C18H16N2O3S2/c1-12-8-17(21)20-15(10-24-18(20)19-12)11-25(22,23)16-7-6-13-4-2-3-5-14(13)9-16/h2-9,15H,10-11H2,1H3. The molecule has 2 heterocycles. The van der Waals surface area contributed by atoms with Crippen LogP contribution < -0.4 is 5.56 Å². The smallest absolute Gasteiger partial charge is 0.254 e. The summed E-state index contributed by atoms with van der Waals surface area (Å²) in [6.45, 7) is 1.77. The van der Waals surface area contributed by atoms with E-state index < -0.39 is 15.9 Å². The SMILES string of the molecule is Cc1cc(=O)n2c(n1)SCC2CS(=O)(=O)c1ccc2ccccc2c1. The van der Waals surface area contributed by atoms with E-state index in [1.54, 1.807) is 19.1 Å². The molecule has 1 aliphatic heterocycles. The number of hydrogen-bond donors (Lipinski definition) is 0. The molecule has 0 radical (unpaired) electrons. The maximum absolute atomic E-state index is 12.9. The predicted octanol–water partition coefficient (Wildman–Crippen LogP) is 2.83. The highest BCUT2D eigenvalue weighted by molar-refractivity contribution is 7.99. The number of benzene rings is 2. The van der Waals surface area contributed by atoms with Crippen LogP contribution in [0.2, 0.25) is 0 Å². The van der Waals surface area contributed by atoms with Crippen LogP contribution in [0.3, 0.4) is 0 Å². The minimum absolute atomic E-state index is 0.101. The monoisotopic (exact) mass is 372 g/mol. The zero-order valence-electron chi connectivity index (χ0n) is 13.5. The third-order valence-electron chi connectivity index (χ3n) is 4.31. The van der Waals surface area contributed by atoms with E-state index in [4.69, 9.17) is 0 Å². The number of rotatable bonds is 3. The molecule has 4 rings (SSSR count). The fourth-order valence-electron chi connectivity index (χ4n) is 3.10. The maximum atomic E-state index is 12.9. The lowest BCUT2D eigenvalue weighted by molar-refractivity contribution is 0.525. The van der Waals surface area contributed by atoms with Crippen molar-refractivity contribution in [2.24, 2.45) is 0 Å². The van der Waals surface area contributed by atoms with E-state index in [1.165, 1.54) is 22.4 Å². The fourth-order valence-corrected chi connectivity index (χ4v) is 5.99. The molecule has 128 valence electrons. The molecule has 0 saturated carbocycles. The van der Waals surface area contributed by atoms with Gasteiger partial charge in [0, 0.05) is 17.5 Å². The van der Waals surface area contributed by atoms with Crippen LogP contribution in [0.5, 0.6) is 0 Å². The quantitative estimate of drug-likeness (QED) is 0.661. The van der Waals surface area contributed by atoms with Gasteiger partial charge in [-0.1, -0.05) is 42.1 Å². The minimum atomic E-state index is -3.51. The normalized spacial score (nSPS) is 16.9. The lowest BCUT2D eigenvalue weighted by Gasteiger charge is -2.14. The lowest BCUT2D eigenvalue weighted by Crippen LogP contribution is -2.29. The summed E-state index contributed by atoms with van der Waals surface area (Å²) in [5.41, 5.74) is 0.466. The van der Waals surface area contributed by atoms with Crippen LogP contribution in [-0.2, 0) is 9.84 Å². The Balaban J connectivity index is 1.70. The molecule has 0 saturated heterocycles. The van der Waals surface area contributed by atoms with Crippen molar-refractivity contribution in [3.8, 4) is 0 Å². The van der Waals surface area contributed by atoms with Gasteiger partial charge < -0.3 is 0 Å². The highest BCUT2D eigenvalue weighted by atomic mass is 32.2. The van der Waals surface area contributed by atoms with Gasteiger partial charge in [0.05, 0.1) is 16.7 Å². The third kappa shape index (κ3) is 2.98. The molecule has 0 spiro atoms. The molecule has 25 heavy (non-hydrogen) atoms. The molecule has 1 aromatic heterocycles. The molecule has 7 heteroatoms. The predicted molar refractivity (Wildman–Crippen MR) is 99.0 cm³/mol. The second-order valence-corrected chi connectivity index (χ2v) is 9.16. The van der Waals surface area contributed by atoms with Gasteiger partial charge in [0.2, 0.25) is 0 Å². The van der Waals surface area contributed by atoms with E-state index in [9.17, 15) is 13.2 Å². The molecule has 0 bridgehead atoms. The van der Waals surface area contributed by atoms with Gasteiger partial charge in [-0.3, -0.25) is 9.36 Å². The van der Waals surface area contributed by atoms with Crippen LogP contribution in [0.25, 0.3) is 10.8 Å². The molecule has 0 amide bonds. The Labute approximate surface area is 149 Å². The fraction of sp³-hybridized carbons (Fsp3) is 0.222. The molecule has 1 aliphatic rings. The number of thioether (sulfide) groups is 1. The minimum Gasteiger partial charge on any atom is -0.283 e. The first-order chi connectivity index (χ1) is 11.9. The lowest BCUT2D eigenvalue weighted by atomic mass is 10.1. The molecule has 3 aromatic rings. The van der Waals surface area contributed by atoms with E-state index in [0.29, 0.717) is 16.6 Å². The molecule has 0 aliphatic carbocycles. The van der Waals surface area contributed by atoms with Crippen LogP contribution in [0.15, 0.2) is 63.4 Å². The van der Waals surface area contributed by atoms with Crippen molar-refractivity contribution in [3.63, 3.8) is 0 Å². The van der Waals surface area contributed by atoms with Crippen molar-refractivity contribution in [1.29, 1.82) is 0 Å². The Hall–Kier alpha value is -2.12. The molecular formula is C18H16N2O3S2. The number of fused-ring (bicyclic) bond motifs is 2. The average Bonchev–Trinajstić information content (AvgIpc) is 2.96. The molecule has 1 atom stereocenters. The van der Waals surface area contributed by atoms with Crippen LogP contribution >= 0.6 is 11.8 Å². The second-order valence-electron chi connectivity index (χ2n) is 6.14. The van der Waals surface area contributed by atoms with Gasteiger partial charge in [0.25, 0.3) is 5.56 Å². The number of nitrogens with zero attached hydrogens (tertiary/aromatic N) is 2. The Bertz CT molecular complexity index is 1140. The highest BCUT2D eigenvalue weighted by Gasteiger charge is 2.30. The van der Waals surface area contributed by atoms with Crippen LogP contribution in [0.1, 0.15) is 11.7 Å². The molecule has 0 N–H and O–H groups in total. The Kier molecular flexibility index (Phi) is 3.92. The first-order valence-electron chi connectivity index (χ1n) is 7.88. The first kappa shape index (κ1) is 16.4. The summed E-state index contributed by atoms with van der Waals surface area (Å²) in [5, 5.41) is 2.49. The summed E-state index contributed by atoms with van der Waals surface area (Å²) in [7, 11) is -3.51. The Morgan fingerprint density at radius 2 is 1.92 bits per heavy atom. The van der Waals surface area contributed by atoms with E-state index in [2.05, 4.69) is 4.98 Å². The van der Waals surface area contributed by atoms with Crippen molar-refractivity contribution >= 4 is 32.4 Å². The number of aromatic nitrogens is 2. The summed E-state index contributed by atoms with van der Waals surface area (Å²) in [5.74, 6) is 0.439. The number of aryl methyl sites for hydroxylation is 1. The molecular weight excluding hydrogens is 356 g/mol. The molecule has 0 fully saturated rings. The number of hydrogen-bond acceptors (Lipinski definition) is 5. The van der Waals surface area contributed by atoms with Gasteiger partial charge in [-0.15, -0.1) is 0 Å². The molecule has 1 unspecified atom stereocenters. The largest absolute Gasteiger partial charge is 0.283 e.